The number of hydrazine groups is 1. The molecule has 1 rings (SSSR count). The van der Waals surface area contributed by atoms with Crippen LogP contribution in [0.25, 0.3) is 0 Å². The fraction of sp³-hybridized carbons (Fsp3) is 0.952. The molecule has 1 amide bonds. The van der Waals surface area contributed by atoms with E-state index in [1.54, 1.807) is 0 Å². The van der Waals surface area contributed by atoms with Crippen molar-refractivity contribution in [3.63, 3.8) is 0 Å². The van der Waals surface area contributed by atoms with Gasteiger partial charge in [-0.2, -0.15) is 10.4 Å². The van der Waals surface area contributed by atoms with Gasteiger partial charge in [0.15, 0.2) is 6.04 Å². The molecule has 0 aromatic rings. The SMILES string of the molecule is CCCCCCCCCCCCCCCCCCC1=[N+](C)CC(CC)N1NC(=O)CCCCCCCCCCCCCCCCC. The number of rotatable bonds is 35. The Hall–Kier alpha value is -1.06. The molecule has 4 nitrogen and oxygen atoms in total. The first kappa shape index (κ1) is 43.0. The van der Waals surface area contributed by atoms with Crippen LogP contribution in [-0.2, 0) is 4.79 Å². The Labute approximate surface area is 289 Å². The Morgan fingerprint density at radius 3 is 1.22 bits per heavy atom. The van der Waals surface area contributed by atoms with Crippen LogP contribution in [-0.4, -0.2) is 41.0 Å². The number of carbonyl (C=O) groups is 1. The highest BCUT2D eigenvalue weighted by Gasteiger charge is 2.38. The zero-order chi connectivity index (χ0) is 33.3. The molecule has 1 aliphatic heterocycles. The first-order chi connectivity index (χ1) is 22.6. The Balaban J connectivity index is 2.03. The second-order valence-corrected chi connectivity index (χ2v) is 15.0. The van der Waals surface area contributed by atoms with Gasteiger partial charge in [0.05, 0.1) is 13.5 Å². The lowest BCUT2D eigenvalue weighted by atomic mass is 10.0. The number of hydrogen-bond donors (Lipinski definition) is 1. The molecule has 0 aliphatic carbocycles. The Morgan fingerprint density at radius 1 is 0.543 bits per heavy atom. The highest BCUT2D eigenvalue weighted by molar-refractivity contribution is 5.83. The van der Waals surface area contributed by atoms with Crippen LogP contribution in [0.2, 0.25) is 0 Å². The second kappa shape index (κ2) is 32.5. The van der Waals surface area contributed by atoms with Crippen LogP contribution < -0.4 is 5.43 Å². The third-order valence-corrected chi connectivity index (χ3v) is 10.5. The quantitative estimate of drug-likeness (QED) is 0.0549. The molecule has 1 unspecified atom stereocenters. The molecule has 0 radical (unpaired) electrons. The van der Waals surface area contributed by atoms with E-state index in [4.69, 9.17) is 0 Å². The smallest absolute Gasteiger partial charge is 0.270 e. The van der Waals surface area contributed by atoms with E-state index in [0.717, 1.165) is 25.8 Å². The van der Waals surface area contributed by atoms with Gasteiger partial charge in [0.2, 0.25) is 0 Å². The molecule has 0 saturated heterocycles. The molecular weight excluding hydrogens is 562 g/mol. The van der Waals surface area contributed by atoms with Gasteiger partial charge in [-0.15, -0.1) is 0 Å². The third-order valence-electron chi connectivity index (χ3n) is 10.5. The van der Waals surface area contributed by atoms with Crippen LogP contribution in [0.15, 0.2) is 0 Å². The summed E-state index contributed by atoms with van der Waals surface area (Å²) < 4.78 is 2.40. The minimum Gasteiger partial charge on any atom is -0.272 e. The highest BCUT2D eigenvalue weighted by Crippen LogP contribution is 2.18. The molecule has 0 saturated carbocycles. The van der Waals surface area contributed by atoms with Gasteiger partial charge >= 0.3 is 0 Å². The largest absolute Gasteiger partial charge is 0.272 e. The topological polar surface area (TPSA) is 35.4 Å². The van der Waals surface area contributed by atoms with Crippen molar-refractivity contribution in [3.05, 3.63) is 0 Å². The molecule has 1 atom stereocenters. The molecule has 1 aliphatic rings. The van der Waals surface area contributed by atoms with Gasteiger partial charge in [-0.05, 0) is 19.3 Å². The molecular formula is C42H84N3O+. The van der Waals surface area contributed by atoms with Crippen molar-refractivity contribution in [2.45, 2.75) is 245 Å². The van der Waals surface area contributed by atoms with Gasteiger partial charge in [0.1, 0.15) is 6.54 Å². The van der Waals surface area contributed by atoms with Gasteiger partial charge < -0.3 is 0 Å². The van der Waals surface area contributed by atoms with Gasteiger partial charge in [-0.1, -0.05) is 207 Å². The maximum absolute atomic E-state index is 12.9. The molecule has 0 bridgehead atoms. The number of nitrogens with zero attached hydrogens (tertiary/aromatic N) is 2. The van der Waals surface area contributed by atoms with Gasteiger partial charge in [-0.25, -0.2) is 0 Å². The summed E-state index contributed by atoms with van der Waals surface area (Å²) in [6, 6.07) is 0.408. The van der Waals surface area contributed by atoms with E-state index in [0.29, 0.717) is 12.5 Å². The minimum atomic E-state index is 0.216. The molecule has 1 N–H and O–H groups in total. The molecule has 1 heterocycles. The maximum atomic E-state index is 12.9. The number of likely N-dealkylation sites (N-methyl/N-ethyl adjacent to an activating group) is 1. The van der Waals surface area contributed by atoms with E-state index in [9.17, 15) is 4.79 Å². The van der Waals surface area contributed by atoms with Crippen molar-refractivity contribution in [1.29, 1.82) is 0 Å². The van der Waals surface area contributed by atoms with Crippen LogP contribution in [0, 0.1) is 0 Å². The second-order valence-electron chi connectivity index (χ2n) is 15.0. The van der Waals surface area contributed by atoms with Crippen LogP contribution in [0.4, 0.5) is 0 Å². The summed E-state index contributed by atoms with van der Waals surface area (Å²) in [7, 11) is 2.21. The summed E-state index contributed by atoms with van der Waals surface area (Å²) in [5.74, 6) is 1.55. The summed E-state index contributed by atoms with van der Waals surface area (Å²) in [5.41, 5.74) is 3.33. The molecule has 0 fully saturated rings. The lowest BCUT2D eigenvalue weighted by Crippen LogP contribution is -2.49. The fourth-order valence-corrected chi connectivity index (χ4v) is 7.35. The number of hydrogen-bond acceptors (Lipinski definition) is 2. The third kappa shape index (κ3) is 24.1. The Kier molecular flexibility index (Phi) is 30.3. The van der Waals surface area contributed by atoms with E-state index < -0.39 is 0 Å². The van der Waals surface area contributed by atoms with Crippen LogP contribution in [0.1, 0.15) is 239 Å². The Bertz CT molecular complexity index is 705. The fourth-order valence-electron chi connectivity index (χ4n) is 7.35. The molecule has 0 spiro atoms. The Morgan fingerprint density at radius 2 is 0.870 bits per heavy atom. The lowest BCUT2D eigenvalue weighted by Gasteiger charge is -2.19. The predicted octanol–water partition coefficient (Wildman–Crippen LogP) is 13.1. The van der Waals surface area contributed by atoms with Crippen molar-refractivity contribution in [1.82, 2.24) is 10.4 Å². The van der Waals surface area contributed by atoms with Crippen LogP contribution in [0.5, 0.6) is 0 Å². The summed E-state index contributed by atoms with van der Waals surface area (Å²) >= 11 is 0. The number of unbranched alkanes of at least 4 members (excludes halogenated alkanes) is 29. The molecule has 272 valence electrons. The predicted molar refractivity (Wildman–Crippen MR) is 204 cm³/mol. The van der Waals surface area contributed by atoms with Crippen molar-refractivity contribution in [2.24, 2.45) is 0 Å². The number of nitrogens with one attached hydrogen (secondary N) is 1. The summed E-state index contributed by atoms with van der Waals surface area (Å²) in [6.45, 7) is 7.88. The first-order valence-electron chi connectivity index (χ1n) is 21.3. The van der Waals surface area contributed by atoms with Gasteiger partial charge in [-0.3, -0.25) is 9.37 Å². The van der Waals surface area contributed by atoms with Crippen molar-refractivity contribution in [2.75, 3.05) is 13.6 Å². The molecule has 4 heteroatoms. The van der Waals surface area contributed by atoms with Crippen LogP contribution in [0.3, 0.4) is 0 Å². The average molecular weight is 647 g/mol. The lowest BCUT2D eigenvalue weighted by molar-refractivity contribution is -0.491. The van der Waals surface area contributed by atoms with E-state index in [2.05, 4.69) is 42.8 Å². The van der Waals surface area contributed by atoms with Crippen molar-refractivity contribution < 1.29 is 9.37 Å². The van der Waals surface area contributed by atoms with Gasteiger partial charge in [0, 0.05) is 6.42 Å². The highest BCUT2D eigenvalue weighted by atomic mass is 16.2. The zero-order valence-corrected chi connectivity index (χ0v) is 32.1. The minimum absolute atomic E-state index is 0.216. The summed E-state index contributed by atoms with van der Waals surface area (Å²) in [4.78, 5) is 12.9. The summed E-state index contributed by atoms with van der Waals surface area (Å²) in [6.07, 6.45) is 45.8. The normalized spacial score (nSPS) is 15.0. The van der Waals surface area contributed by atoms with E-state index >= 15 is 0 Å². The van der Waals surface area contributed by atoms with E-state index in [1.165, 1.54) is 198 Å². The number of amides is 1. The molecule has 0 aromatic heterocycles. The molecule has 0 aromatic carbocycles. The number of amidine groups is 1. The monoisotopic (exact) mass is 647 g/mol. The van der Waals surface area contributed by atoms with Crippen molar-refractivity contribution >= 4 is 11.7 Å². The zero-order valence-electron chi connectivity index (χ0n) is 32.1. The van der Waals surface area contributed by atoms with E-state index in [-0.39, 0.29) is 5.91 Å². The van der Waals surface area contributed by atoms with Crippen LogP contribution >= 0.6 is 0 Å². The molecule has 46 heavy (non-hydrogen) atoms. The first-order valence-corrected chi connectivity index (χ1v) is 21.3. The summed E-state index contributed by atoms with van der Waals surface area (Å²) in [5, 5.41) is 2.25. The maximum Gasteiger partial charge on any atom is 0.270 e. The van der Waals surface area contributed by atoms with Gasteiger partial charge in [0.25, 0.3) is 11.7 Å². The number of carbonyl (C=O) groups excluding carboxylic acids is 1. The average Bonchev–Trinajstić information content (AvgIpc) is 3.35. The van der Waals surface area contributed by atoms with Crippen molar-refractivity contribution in [3.8, 4) is 0 Å². The van der Waals surface area contributed by atoms with E-state index in [1.807, 2.05) is 0 Å². The standard InChI is InChI=1S/C42H83N3O/c1-5-8-10-12-14-16-18-20-22-24-26-28-30-32-34-36-38-42-44(4)39-40(7-3)45(42)43-41(46)37-35-33-31-29-27-25-23-21-19-17-15-13-11-9-6-2/h40H,5-39H2,1-4H3/p+1.